The van der Waals surface area contributed by atoms with Crippen LogP contribution in [0.4, 0.5) is 5.69 Å². The molecule has 29 heavy (non-hydrogen) atoms. The topological polar surface area (TPSA) is 71.1 Å². The van der Waals surface area contributed by atoms with E-state index in [0.29, 0.717) is 6.54 Å². The Morgan fingerprint density at radius 3 is 2.34 bits per heavy atom. The molecule has 6 heteroatoms. The summed E-state index contributed by atoms with van der Waals surface area (Å²) >= 11 is 1.49. The minimum absolute atomic E-state index is 0.0152. The predicted molar refractivity (Wildman–Crippen MR) is 118 cm³/mol. The van der Waals surface area contributed by atoms with Crippen LogP contribution in [0.5, 0.6) is 0 Å². The SMILES string of the molecule is CCc1ccc(NC(=O)Cc2nc(-c3ccc(CCNC(C)=O)cc3)cs2)cc1. The molecule has 0 saturated heterocycles. The Hall–Kier alpha value is -2.99. The van der Waals surface area contributed by atoms with Gasteiger partial charge in [0.15, 0.2) is 0 Å². The molecule has 0 bridgehead atoms. The summed E-state index contributed by atoms with van der Waals surface area (Å²) in [5, 5.41) is 8.49. The second-order valence-electron chi connectivity index (χ2n) is 6.83. The van der Waals surface area contributed by atoms with Crippen LogP contribution in [0.15, 0.2) is 53.9 Å². The van der Waals surface area contributed by atoms with E-state index in [1.165, 1.54) is 23.8 Å². The summed E-state index contributed by atoms with van der Waals surface area (Å²) in [6, 6.07) is 16.0. The third kappa shape index (κ3) is 6.26. The lowest BCUT2D eigenvalue weighted by molar-refractivity contribution is -0.119. The smallest absolute Gasteiger partial charge is 0.231 e. The Bertz CT molecular complexity index is 963. The fraction of sp³-hybridized carbons (Fsp3) is 0.261. The molecule has 0 radical (unpaired) electrons. The number of nitrogens with one attached hydrogen (secondary N) is 2. The number of hydrogen-bond donors (Lipinski definition) is 2. The summed E-state index contributed by atoms with van der Waals surface area (Å²) in [6.45, 7) is 4.25. The van der Waals surface area contributed by atoms with Crippen molar-refractivity contribution >= 4 is 28.8 Å². The predicted octanol–water partition coefficient (Wildman–Crippen LogP) is 4.23. The van der Waals surface area contributed by atoms with E-state index in [4.69, 9.17) is 0 Å². The van der Waals surface area contributed by atoms with Gasteiger partial charge in [0.05, 0.1) is 12.1 Å². The van der Waals surface area contributed by atoms with Gasteiger partial charge in [0, 0.05) is 30.1 Å². The average Bonchev–Trinajstić information content (AvgIpc) is 3.17. The van der Waals surface area contributed by atoms with E-state index in [0.717, 1.165) is 40.4 Å². The molecular weight excluding hydrogens is 382 g/mol. The molecule has 0 unspecified atom stereocenters. The number of rotatable bonds is 8. The normalized spacial score (nSPS) is 10.6. The summed E-state index contributed by atoms with van der Waals surface area (Å²) in [5.74, 6) is -0.0814. The molecule has 150 valence electrons. The summed E-state index contributed by atoms with van der Waals surface area (Å²) < 4.78 is 0. The molecule has 2 N–H and O–H groups in total. The van der Waals surface area contributed by atoms with Crippen LogP contribution in [0.25, 0.3) is 11.3 Å². The lowest BCUT2D eigenvalue weighted by Gasteiger charge is -2.05. The van der Waals surface area contributed by atoms with Crippen LogP contribution in [0.3, 0.4) is 0 Å². The van der Waals surface area contributed by atoms with Crippen LogP contribution >= 0.6 is 11.3 Å². The van der Waals surface area contributed by atoms with Gasteiger partial charge in [-0.1, -0.05) is 43.3 Å². The van der Waals surface area contributed by atoms with E-state index in [9.17, 15) is 9.59 Å². The minimum Gasteiger partial charge on any atom is -0.356 e. The zero-order valence-electron chi connectivity index (χ0n) is 16.7. The average molecular weight is 408 g/mol. The van der Waals surface area contributed by atoms with Crippen LogP contribution in [-0.4, -0.2) is 23.3 Å². The monoisotopic (exact) mass is 407 g/mol. The maximum absolute atomic E-state index is 12.3. The van der Waals surface area contributed by atoms with Crippen molar-refractivity contribution in [2.45, 2.75) is 33.1 Å². The minimum atomic E-state index is -0.0662. The van der Waals surface area contributed by atoms with Gasteiger partial charge in [-0.3, -0.25) is 9.59 Å². The number of aromatic nitrogens is 1. The number of carbonyl (C=O) groups excluding carboxylic acids is 2. The molecular formula is C23H25N3O2S. The zero-order chi connectivity index (χ0) is 20.6. The number of benzene rings is 2. The van der Waals surface area contributed by atoms with Gasteiger partial charge in [0.25, 0.3) is 0 Å². The fourth-order valence-electron chi connectivity index (χ4n) is 2.92. The molecule has 0 fully saturated rings. The molecule has 2 amide bonds. The number of aryl methyl sites for hydroxylation is 1. The Kier molecular flexibility index (Phi) is 7.14. The molecule has 0 atom stereocenters. The Morgan fingerprint density at radius 1 is 1.00 bits per heavy atom. The standard InChI is InChI=1S/C23H25N3O2S/c1-3-17-6-10-20(11-7-17)25-22(28)14-23-26-21(15-29-23)19-8-4-18(5-9-19)12-13-24-16(2)27/h4-11,15H,3,12-14H2,1-2H3,(H,24,27)(H,25,28). The maximum atomic E-state index is 12.3. The summed E-state index contributed by atoms with van der Waals surface area (Å²) in [6.07, 6.45) is 2.03. The lowest BCUT2D eigenvalue weighted by atomic mass is 10.1. The number of anilines is 1. The molecule has 0 aliphatic rings. The third-order valence-corrected chi connectivity index (χ3v) is 5.40. The highest BCUT2D eigenvalue weighted by molar-refractivity contribution is 7.10. The number of carbonyl (C=O) groups is 2. The highest BCUT2D eigenvalue weighted by Crippen LogP contribution is 2.23. The molecule has 0 spiro atoms. The Labute approximate surface area is 175 Å². The zero-order valence-corrected chi connectivity index (χ0v) is 17.5. The number of nitrogens with zero attached hydrogens (tertiary/aromatic N) is 1. The van der Waals surface area contributed by atoms with Gasteiger partial charge in [-0.2, -0.15) is 0 Å². The second-order valence-corrected chi connectivity index (χ2v) is 7.77. The van der Waals surface area contributed by atoms with Gasteiger partial charge in [-0.05, 0) is 36.1 Å². The molecule has 0 saturated carbocycles. The second kappa shape index (κ2) is 9.98. The van der Waals surface area contributed by atoms with Crippen molar-refractivity contribution in [3.05, 3.63) is 70.0 Å². The van der Waals surface area contributed by atoms with E-state index in [1.54, 1.807) is 0 Å². The van der Waals surface area contributed by atoms with Gasteiger partial charge in [0.1, 0.15) is 5.01 Å². The van der Waals surface area contributed by atoms with Crippen LogP contribution in [-0.2, 0) is 28.9 Å². The molecule has 5 nitrogen and oxygen atoms in total. The van der Waals surface area contributed by atoms with E-state index in [-0.39, 0.29) is 18.2 Å². The van der Waals surface area contributed by atoms with Gasteiger partial charge < -0.3 is 10.6 Å². The summed E-state index contributed by atoms with van der Waals surface area (Å²) in [4.78, 5) is 27.8. The quantitative estimate of drug-likeness (QED) is 0.587. The maximum Gasteiger partial charge on any atom is 0.231 e. The Balaban J connectivity index is 1.55. The highest BCUT2D eigenvalue weighted by atomic mass is 32.1. The fourth-order valence-corrected chi connectivity index (χ4v) is 3.72. The van der Waals surface area contributed by atoms with E-state index in [2.05, 4.69) is 22.5 Å². The Morgan fingerprint density at radius 2 is 1.69 bits per heavy atom. The molecule has 3 aromatic rings. The van der Waals surface area contributed by atoms with E-state index >= 15 is 0 Å². The van der Waals surface area contributed by atoms with Crippen LogP contribution in [0.1, 0.15) is 30.0 Å². The molecule has 3 rings (SSSR count). The first-order chi connectivity index (χ1) is 14.0. The van der Waals surface area contributed by atoms with Gasteiger partial charge >= 0.3 is 0 Å². The van der Waals surface area contributed by atoms with Crippen molar-refractivity contribution in [2.75, 3.05) is 11.9 Å². The molecule has 2 aromatic carbocycles. The lowest BCUT2D eigenvalue weighted by Crippen LogP contribution is -2.22. The van der Waals surface area contributed by atoms with E-state index in [1.807, 2.05) is 53.9 Å². The van der Waals surface area contributed by atoms with Gasteiger partial charge in [0.2, 0.25) is 11.8 Å². The largest absolute Gasteiger partial charge is 0.356 e. The van der Waals surface area contributed by atoms with Crippen molar-refractivity contribution in [1.82, 2.24) is 10.3 Å². The van der Waals surface area contributed by atoms with Crippen LogP contribution in [0.2, 0.25) is 0 Å². The number of thiazole rings is 1. The first-order valence-electron chi connectivity index (χ1n) is 9.70. The van der Waals surface area contributed by atoms with E-state index < -0.39 is 0 Å². The van der Waals surface area contributed by atoms with Crippen molar-refractivity contribution in [1.29, 1.82) is 0 Å². The van der Waals surface area contributed by atoms with Crippen molar-refractivity contribution in [3.63, 3.8) is 0 Å². The molecule has 1 heterocycles. The van der Waals surface area contributed by atoms with Crippen LogP contribution in [0, 0.1) is 0 Å². The molecule has 1 aromatic heterocycles. The van der Waals surface area contributed by atoms with Crippen molar-refractivity contribution < 1.29 is 9.59 Å². The number of hydrogen-bond acceptors (Lipinski definition) is 4. The first kappa shape index (κ1) is 20.7. The third-order valence-electron chi connectivity index (χ3n) is 4.55. The van der Waals surface area contributed by atoms with Crippen molar-refractivity contribution in [2.24, 2.45) is 0 Å². The summed E-state index contributed by atoms with van der Waals surface area (Å²) in [5.41, 5.74) is 5.10. The van der Waals surface area contributed by atoms with Gasteiger partial charge in [-0.15, -0.1) is 11.3 Å². The van der Waals surface area contributed by atoms with Crippen molar-refractivity contribution in [3.8, 4) is 11.3 Å². The molecule has 0 aliphatic heterocycles. The highest BCUT2D eigenvalue weighted by Gasteiger charge is 2.10. The van der Waals surface area contributed by atoms with Gasteiger partial charge in [-0.25, -0.2) is 4.98 Å². The summed E-state index contributed by atoms with van der Waals surface area (Å²) in [7, 11) is 0. The first-order valence-corrected chi connectivity index (χ1v) is 10.6. The number of amides is 2. The van der Waals surface area contributed by atoms with Crippen LogP contribution < -0.4 is 10.6 Å². The molecule has 0 aliphatic carbocycles.